The Kier molecular flexibility index (Phi) is 5.95. The van der Waals surface area contributed by atoms with Crippen molar-refractivity contribution in [3.8, 4) is 0 Å². The topological polar surface area (TPSA) is 110 Å². The minimum Gasteiger partial charge on any atom is -0.365 e. The maximum Gasteiger partial charge on any atom is 0.256 e. The first-order valence-electron chi connectivity index (χ1n) is 10.2. The van der Waals surface area contributed by atoms with Crippen LogP contribution in [0.3, 0.4) is 0 Å². The summed E-state index contributed by atoms with van der Waals surface area (Å²) in [7, 11) is -3.54. The predicted molar refractivity (Wildman–Crippen MR) is 116 cm³/mol. The summed E-state index contributed by atoms with van der Waals surface area (Å²) in [4.78, 5) is 26.0. The molecule has 1 aliphatic carbocycles. The first-order chi connectivity index (χ1) is 14.4. The highest BCUT2D eigenvalue weighted by Gasteiger charge is 2.27. The number of sulfonamides is 1. The highest BCUT2D eigenvalue weighted by Crippen LogP contribution is 2.38. The third-order valence-corrected chi connectivity index (χ3v) is 8.83. The van der Waals surface area contributed by atoms with Gasteiger partial charge in [0.25, 0.3) is 11.8 Å². The Morgan fingerprint density at radius 3 is 2.30 bits per heavy atom. The molecule has 160 valence electrons. The van der Waals surface area contributed by atoms with Crippen molar-refractivity contribution in [1.29, 1.82) is 0 Å². The molecule has 30 heavy (non-hydrogen) atoms. The number of hydrogen-bond donors (Lipinski definition) is 2. The van der Waals surface area contributed by atoms with Gasteiger partial charge in [-0.25, -0.2) is 8.42 Å². The van der Waals surface area contributed by atoms with E-state index in [4.69, 9.17) is 5.73 Å². The van der Waals surface area contributed by atoms with Gasteiger partial charge in [-0.2, -0.15) is 4.31 Å². The lowest BCUT2D eigenvalue weighted by molar-refractivity contribution is 0.100. The molecule has 2 amide bonds. The number of nitrogens with one attached hydrogen (secondary N) is 1. The zero-order chi connectivity index (χ0) is 21.3. The highest BCUT2D eigenvalue weighted by atomic mass is 32.2. The maximum atomic E-state index is 12.8. The molecule has 2 aromatic rings. The van der Waals surface area contributed by atoms with Crippen molar-refractivity contribution >= 4 is 38.2 Å². The van der Waals surface area contributed by atoms with E-state index in [0.717, 1.165) is 55.4 Å². The number of nitrogens with zero attached hydrogens (tertiary/aromatic N) is 1. The van der Waals surface area contributed by atoms with Crippen LogP contribution in [0.2, 0.25) is 0 Å². The van der Waals surface area contributed by atoms with Gasteiger partial charge in [0.15, 0.2) is 0 Å². The number of fused-ring (bicyclic) bond motifs is 1. The van der Waals surface area contributed by atoms with Gasteiger partial charge < -0.3 is 11.1 Å². The van der Waals surface area contributed by atoms with Gasteiger partial charge in [-0.15, -0.1) is 11.3 Å². The number of carbonyl (C=O) groups is 2. The number of hydrogen-bond acceptors (Lipinski definition) is 5. The molecule has 1 fully saturated rings. The van der Waals surface area contributed by atoms with E-state index in [1.54, 1.807) is 0 Å². The van der Waals surface area contributed by atoms with Crippen LogP contribution in [0.25, 0.3) is 0 Å². The average Bonchev–Trinajstić information content (AvgIpc) is 3.12. The Balaban J connectivity index is 1.54. The van der Waals surface area contributed by atoms with E-state index in [2.05, 4.69) is 5.32 Å². The monoisotopic (exact) mass is 447 g/mol. The van der Waals surface area contributed by atoms with Crippen LogP contribution in [0.1, 0.15) is 63.3 Å². The summed E-state index contributed by atoms with van der Waals surface area (Å²) in [5, 5.41) is 3.28. The van der Waals surface area contributed by atoms with E-state index in [1.165, 1.54) is 39.9 Å². The van der Waals surface area contributed by atoms with Crippen molar-refractivity contribution in [2.24, 2.45) is 5.73 Å². The number of nitrogens with two attached hydrogens (primary N) is 1. The van der Waals surface area contributed by atoms with Gasteiger partial charge in [0, 0.05) is 23.5 Å². The van der Waals surface area contributed by atoms with E-state index < -0.39 is 21.8 Å². The molecule has 0 radical (unpaired) electrons. The zero-order valence-electron chi connectivity index (χ0n) is 16.6. The Bertz CT molecular complexity index is 1070. The normalized spacial score (nSPS) is 17.3. The van der Waals surface area contributed by atoms with E-state index in [-0.39, 0.29) is 4.90 Å². The fourth-order valence-electron chi connectivity index (χ4n) is 4.12. The van der Waals surface area contributed by atoms with Crippen LogP contribution >= 0.6 is 11.3 Å². The number of primary amides is 1. The van der Waals surface area contributed by atoms with Gasteiger partial charge in [0.05, 0.1) is 10.5 Å². The van der Waals surface area contributed by atoms with Crippen LogP contribution in [0.4, 0.5) is 5.00 Å². The molecule has 0 saturated carbocycles. The number of piperidine rings is 1. The second-order valence-electron chi connectivity index (χ2n) is 7.72. The summed E-state index contributed by atoms with van der Waals surface area (Å²) in [5.41, 5.74) is 7.27. The van der Waals surface area contributed by atoms with Crippen molar-refractivity contribution in [1.82, 2.24) is 4.31 Å². The molecule has 4 rings (SSSR count). The summed E-state index contributed by atoms with van der Waals surface area (Å²) in [6.45, 7) is 1.06. The number of benzene rings is 1. The molecule has 0 unspecified atom stereocenters. The SMILES string of the molecule is NC(=O)c1c(NC(=O)c2ccc(S(=O)(=O)N3CCCCC3)cc2)sc2c1CCCC2. The molecule has 0 spiro atoms. The van der Waals surface area contributed by atoms with E-state index >= 15 is 0 Å². The van der Waals surface area contributed by atoms with Crippen molar-refractivity contribution in [2.45, 2.75) is 49.8 Å². The third kappa shape index (κ3) is 4.01. The van der Waals surface area contributed by atoms with Crippen LogP contribution in [0.15, 0.2) is 29.2 Å². The Morgan fingerprint density at radius 1 is 0.967 bits per heavy atom. The molecule has 1 aliphatic heterocycles. The van der Waals surface area contributed by atoms with Gasteiger partial charge in [-0.1, -0.05) is 6.42 Å². The molecular formula is C21H25N3O4S2. The van der Waals surface area contributed by atoms with E-state index in [9.17, 15) is 18.0 Å². The first-order valence-corrected chi connectivity index (χ1v) is 12.5. The molecule has 1 aromatic heterocycles. The van der Waals surface area contributed by atoms with Crippen molar-refractivity contribution < 1.29 is 18.0 Å². The number of aryl methyl sites for hydroxylation is 1. The largest absolute Gasteiger partial charge is 0.365 e. The predicted octanol–water partition coefficient (Wildman–Crippen LogP) is 3.15. The summed E-state index contributed by atoms with van der Waals surface area (Å²) >= 11 is 1.40. The molecular weight excluding hydrogens is 422 g/mol. The quantitative estimate of drug-likeness (QED) is 0.734. The standard InChI is InChI=1S/C21H25N3O4S2/c22-19(25)18-16-6-2-3-7-17(16)29-21(18)23-20(26)14-8-10-15(11-9-14)30(27,28)24-12-4-1-5-13-24/h8-11H,1-7,12-13H2,(H2,22,25)(H,23,26). The van der Waals surface area contributed by atoms with Gasteiger partial charge in [-0.05, 0) is 68.4 Å². The van der Waals surface area contributed by atoms with Crippen LogP contribution < -0.4 is 11.1 Å². The summed E-state index contributed by atoms with van der Waals surface area (Å²) in [6, 6.07) is 5.94. The highest BCUT2D eigenvalue weighted by molar-refractivity contribution is 7.89. The molecule has 1 aromatic carbocycles. The van der Waals surface area contributed by atoms with Crippen molar-refractivity contribution in [2.75, 3.05) is 18.4 Å². The molecule has 2 heterocycles. The second kappa shape index (κ2) is 8.49. The Hall–Kier alpha value is -2.23. The third-order valence-electron chi connectivity index (χ3n) is 5.71. The maximum absolute atomic E-state index is 12.8. The van der Waals surface area contributed by atoms with Crippen LogP contribution in [0.5, 0.6) is 0 Å². The van der Waals surface area contributed by atoms with Crippen LogP contribution in [-0.2, 0) is 22.9 Å². The number of thiophene rings is 1. The zero-order valence-corrected chi connectivity index (χ0v) is 18.3. The van der Waals surface area contributed by atoms with Crippen LogP contribution in [0, 0.1) is 0 Å². The molecule has 7 nitrogen and oxygen atoms in total. The lowest BCUT2D eigenvalue weighted by atomic mass is 9.95. The van der Waals surface area contributed by atoms with Crippen molar-refractivity contribution in [3.05, 3.63) is 45.8 Å². The summed E-state index contributed by atoms with van der Waals surface area (Å²) in [5.74, 6) is -0.925. The van der Waals surface area contributed by atoms with Gasteiger partial charge in [-0.3, -0.25) is 9.59 Å². The van der Waals surface area contributed by atoms with Gasteiger partial charge in [0.2, 0.25) is 10.0 Å². The van der Waals surface area contributed by atoms with Crippen LogP contribution in [-0.4, -0.2) is 37.6 Å². The lowest BCUT2D eigenvalue weighted by Crippen LogP contribution is -2.35. The number of carbonyl (C=O) groups excluding carboxylic acids is 2. The minimum atomic E-state index is -3.54. The van der Waals surface area contributed by atoms with E-state index in [1.807, 2.05) is 0 Å². The molecule has 0 bridgehead atoms. The number of amides is 2. The first kappa shape index (κ1) is 21.0. The summed E-state index contributed by atoms with van der Waals surface area (Å²) < 4.78 is 27.0. The fourth-order valence-corrected chi connectivity index (χ4v) is 6.93. The second-order valence-corrected chi connectivity index (χ2v) is 10.8. The Morgan fingerprint density at radius 2 is 1.63 bits per heavy atom. The van der Waals surface area contributed by atoms with Gasteiger partial charge in [0.1, 0.15) is 5.00 Å². The molecule has 9 heteroatoms. The summed E-state index contributed by atoms with van der Waals surface area (Å²) in [6.07, 6.45) is 6.53. The smallest absolute Gasteiger partial charge is 0.256 e. The van der Waals surface area contributed by atoms with Gasteiger partial charge >= 0.3 is 0 Å². The minimum absolute atomic E-state index is 0.186. The number of anilines is 1. The molecule has 1 saturated heterocycles. The molecule has 3 N–H and O–H groups in total. The van der Waals surface area contributed by atoms with E-state index in [0.29, 0.717) is 29.2 Å². The number of rotatable bonds is 5. The Labute approximate surface area is 180 Å². The lowest BCUT2D eigenvalue weighted by Gasteiger charge is -2.25. The fraction of sp³-hybridized carbons (Fsp3) is 0.429. The van der Waals surface area contributed by atoms with Crippen molar-refractivity contribution in [3.63, 3.8) is 0 Å². The molecule has 0 atom stereocenters. The average molecular weight is 448 g/mol. The molecule has 2 aliphatic rings.